The molecule has 0 spiro atoms. The standard InChI is InChI=1S/C20H18O11/c21-7-2-1-6(3-8(7)22)11-4-9(23)13-12(30-11)5-10(24)14(15(13)25)19-17(27)16(26)18(28)20(29)31-19/h1-5,16-22,24-29H. The maximum atomic E-state index is 12.7. The number of rotatable bonds is 2. The summed E-state index contributed by atoms with van der Waals surface area (Å²) in [5, 5.41) is 79.2. The molecule has 5 unspecified atom stereocenters. The van der Waals surface area contributed by atoms with E-state index in [2.05, 4.69) is 0 Å². The normalized spacial score (nSPS) is 26.3. The molecule has 2 heterocycles. The van der Waals surface area contributed by atoms with E-state index in [1.54, 1.807) is 0 Å². The van der Waals surface area contributed by atoms with E-state index in [1.165, 1.54) is 12.1 Å². The zero-order valence-electron chi connectivity index (χ0n) is 15.6. The van der Waals surface area contributed by atoms with E-state index in [0.29, 0.717) is 0 Å². The van der Waals surface area contributed by atoms with E-state index < -0.39 is 58.9 Å². The van der Waals surface area contributed by atoms with E-state index >= 15 is 0 Å². The minimum atomic E-state index is -1.93. The Morgan fingerprint density at radius 3 is 2.16 bits per heavy atom. The van der Waals surface area contributed by atoms with Gasteiger partial charge in [-0.15, -0.1) is 0 Å². The largest absolute Gasteiger partial charge is 0.507 e. The van der Waals surface area contributed by atoms with Crippen LogP contribution >= 0.6 is 0 Å². The SMILES string of the molecule is O=c1cc(-c2ccc(O)c(O)c2)oc2cc(O)c(C3OC(O)C(O)C(O)C3O)c(O)c12. The van der Waals surface area contributed by atoms with Gasteiger partial charge in [-0.05, 0) is 18.2 Å². The highest BCUT2D eigenvalue weighted by Gasteiger charge is 2.45. The van der Waals surface area contributed by atoms with Crippen LogP contribution in [0, 0.1) is 0 Å². The molecule has 1 fully saturated rings. The van der Waals surface area contributed by atoms with Gasteiger partial charge in [0, 0.05) is 17.7 Å². The van der Waals surface area contributed by atoms with Gasteiger partial charge >= 0.3 is 0 Å². The van der Waals surface area contributed by atoms with Crippen molar-refractivity contribution in [3.8, 4) is 34.3 Å². The van der Waals surface area contributed by atoms with Crippen LogP contribution in [0.2, 0.25) is 0 Å². The maximum absolute atomic E-state index is 12.7. The molecule has 1 saturated heterocycles. The Kier molecular flexibility index (Phi) is 5.00. The van der Waals surface area contributed by atoms with E-state index in [-0.39, 0.29) is 28.0 Å². The molecule has 11 nitrogen and oxygen atoms in total. The van der Waals surface area contributed by atoms with Gasteiger partial charge in [0.1, 0.15) is 52.6 Å². The first-order valence-electron chi connectivity index (χ1n) is 9.03. The number of phenolic OH excluding ortho intramolecular Hbond substituents is 4. The average Bonchev–Trinajstić information content (AvgIpc) is 2.71. The van der Waals surface area contributed by atoms with Crippen molar-refractivity contribution in [2.45, 2.75) is 30.7 Å². The van der Waals surface area contributed by atoms with Gasteiger partial charge in [0.25, 0.3) is 0 Å². The highest BCUT2D eigenvalue weighted by molar-refractivity contribution is 5.88. The smallest absolute Gasteiger partial charge is 0.197 e. The second kappa shape index (κ2) is 7.41. The van der Waals surface area contributed by atoms with Gasteiger partial charge in [0.2, 0.25) is 0 Å². The second-order valence-corrected chi connectivity index (χ2v) is 7.13. The minimum Gasteiger partial charge on any atom is -0.507 e. The molecule has 164 valence electrons. The van der Waals surface area contributed by atoms with Gasteiger partial charge in [-0.2, -0.15) is 0 Å². The monoisotopic (exact) mass is 434 g/mol. The van der Waals surface area contributed by atoms with Gasteiger partial charge in [-0.3, -0.25) is 4.79 Å². The van der Waals surface area contributed by atoms with Gasteiger partial charge < -0.3 is 50.0 Å². The summed E-state index contributed by atoms with van der Waals surface area (Å²) in [5.74, 6) is -2.37. The molecule has 5 atom stereocenters. The molecule has 0 bridgehead atoms. The summed E-state index contributed by atoms with van der Waals surface area (Å²) >= 11 is 0. The molecule has 11 heteroatoms. The van der Waals surface area contributed by atoms with Crippen LogP contribution in [0.1, 0.15) is 11.7 Å². The fourth-order valence-electron chi connectivity index (χ4n) is 3.50. The Balaban J connectivity index is 1.87. The number of fused-ring (bicyclic) bond motifs is 1. The van der Waals surface area contributed by atoms with Gasteiger partial charge in [-0.1, -0.05) is 0 Å². The number of hydrogen-bond acceptors (Lipinski definition) is 11. The third-order valence-corrected chi connectivity index (χ3v) is 5.14. The fourth-order valence-corrected chi connectivity index (χ4v) is 3.50. The Hall–Kier alpha value is -3.35. The predicted molar refractivity (Wildman–Crippen MR) is 102 cm³/mol. The lowest BCUT2D eigenvalue weighted by Crippen LogP contribution is -2.54. The Morgan fingerprint density at radius 2 is 1.48 bits per heavy atom. The summed E-state index contributed by atoms with van der Waals surface area (Å²) in [5.41, 5.74) is -1.27. The van der Waals surface area contributed by atoms with Crippen LogP contribution in [-0.2, 0) is 4.74 Å². The first-order valence-corrected chi connectivity index (χ1v) is 9.03. The fraction of sp³-hybridized carbons (Fsp3) is 0.250. The topological polar surface area (TPSA) is 201 Å². The van der Waals surface area contributed by atoms with Crippen molar-refractivity contribution in [1.29, 1.82) is 0 Å². The summed E-state index contributed by atoms with van der Waals surface area (Å²) in [4.78, 5) is 12.7. The lowest BCUT2D eigenvalue weighted by molar-refractivity contribution is -0.284. The molecule has 4 rings (SSSR count). The van der Waals surface area contributed by atoms with Crippen LogP contribution < -0.4 is 5.43 Å². The van der Waals surface area contributed by atoms with Crippen molar-refractivity contribution >= 4 is 11.0 Å². The number of phenols is 4. The maximum Gasteiger partial charge on any atom is 0.197 e. The molecule has 1 aromatic heterocycles. The Bertz CT molecular complexity index is 1220. The van der Waals surface area contributed by atoms with E-state index in [4.69, 9.17) is 9.15 Å². The van der Waals surface area contributed by atoms with Crippen LogP contribution in [0.3, 0.4) is 0 Å². The van der Waals surface area contributed by atoms with Crippen LogP contribution in [0.25, 0.3) is 22.3 Å². The Labute approximate surface area is 172 Å². The average molecular weight is 434 g/mol. The first kappa shape index (κ1) is 20.9. The van der Waals surface area contributed by atoms with Crippen LogP contribution in [-0.4, -0.2) is 65.5 Å². The van der Waals surface area contributed by atoms with Crippen molar-refractivity contribution in [2.75, 3.05) is 0 Å². The third kappa shape index (κ3) is 3.34. The molecule has 2 aromatic carbocycles. The molecule has 0 aliphatic carbocycles. The molecule has 0 radical (unpaired) electrons. The van der Waals surface area contributed by atoms with Gasteiger partial charge in [-0.25, -0.2) is 0 Å². The number of aromatic hydroxyl groups is 4. The molecule has 0 saturated carbocycles. The van der Waals surface area contributed by atoms with Crippen molar-refractivity contribution in [1.82, 2.24) is 0 Å². The molecular formula is C20H18O11. The quantitative estimate of drug-likeness (QED) is 0.247. The van der Waals surface area contributed by atoms with Crippen molar-refractivity contribution in [2.24, 2.45) is 0 Å². The minimum absolute atomic E-state index is 0.0396. The Morgan fingerprint density at radius 1 is 0.774 bits per heavy atom. The number of benzene rings is 2. The van der Waals surface area contributed by atoms with Crippen molar-refractivity contribution in [3.05, 3.63) is 46.1 Å². The van der Waals surface area contributed by atoms with Crippen molar-refractivity contribution in [3.63, 3.8) is 0 Å². The first-order chi connectivity index (χ1) is 14.6. The van der Waals surface area contributed by atoms with Gasteiger partial charge in [0.05, 0.1) is 5.56 Å². The highest BCUT2D eigenvalue weighted by Crippen LogP contribution is 2.44. The van der Waals surface area contributed by atoms with Crippen LogP contribution in [0.4, 0.5) is 0 Å². The summed E-state index contributed by atoms with van der Waals surface area (Å²) in [7, 11) is 0. The molecule has 1 aliphatic rings. The van der Waals surface area contributed by atoms with Crippen LogP contribution in [0.15, 0.2) is 39.5 Å². The number of aliphatic hydroxyl groups excluding tert-OH is 4. The lowest BCUT2D eigenvalue weighted by atomic mass is 9.91. The second-order valence-electron chi connectivity index (χ2n) is 7.13. The number of hydrogen-bond donors (Lipinski definition) is 8. The molecule has 1 aliphatic heterocycles. The third-order valence-electron chi connectivity index (χ3n) is 5.14. The molecule has 0 amide bonds. The predicted octanol–water partition coefficient (Wildman–Crippen LogP) is -0.245. The summed E-state index contributed by atoms with van der Waals surface area (Å²) in [6.07, 6.45) is -9.14. The van der Waals surface area contributed by atoms with Crippen LogP contribution in [0.5, 0.6) is 23.0 Å². The number of ether oxygens (including phenoxy) is 1. The zero-order valence-corrected chi connectivity index (χ0v) is 15.6. The lowest BCUT2D eigenvalue weighted by Gasteiger charge is -2.38. The molecule has 8 N–H and O–H groups in total. The van der Waals surface area contributed by atoms with Gasteiger partial charge in [0.15, 0.2) is 23.2 Å². The van der Waals surface area contributed by atoms with E-state index in [0.717, 1.165) is 18.2 Å². The van der Waals surface area contributed by atoms with E-state index in [1.807, 2.05) is 0 Å². The van der Waals surface area contributed by atoms with Crippen molar-refractivity contribution < 1.29 is 50.0 Å². The summed E-state index contributed by atoms with van der Waals surface area (Å²) in [6.45, 7) is 0. The zero-order chi connectivity index (χ0) is 22.6. The summed E-state index contributed by atoms with van der Waals surface area (Å²) in [6, 6.07) is 5.66. The number of aliphatic hydroxyl groups is 4. The molecule has 3 aromatic rings. The molecule has 31 heavy (non-hydrogen) atoms. The highest BCUT2D eigenvalue weighted by atomic mass is 16.6. The molecular weight excluding hydrogens is 416 g/mol. The van der Waals surface area contributed by atoms with E-state index in [9.17, 15) is 45.6 Å². The summed E-state index contributed by atoms with van der Waals surface area (Å²) < 4.78 is 10.6.